The molecule has 1 amide bonds. The van der Waals surface area contributed by atoms with E-state index in [1.54, 1.807) is 12.1 Å². The van der Waals surface area contributed by atoms with Gasteiger partial charge in [-0.05, 0) is 43.5 Å². The fourth-order valence-corrected chi connectivity index (χ4v) is 3.59. The average Bonchev–Trinajstić information content (AvgIpc) is 2.54. The molecule has 24 heavy (non-hydrogen) atoms. The van der Waals surface area contributed by atoms with Gasteiger partial charge >= 0.3 is 5.63 Å². The van der Waals surface area contributed by atoms with Crippen LogP contribution in [-0.2, 0) is 11.3 Å². The first kappa shape index (κ1) is 16.7. The number of amides is 1. The molecule has 0 bridgehead atoms. The zero-order valence-corrected chi connectivity index (χ0v) is 14.3. The van der Waals surface area contributed by atoms with Crippen LogP contribution in [-0.4, -0.2) is 23.4 Å². The summed E-state index contributed by atoms with van der Waals surface area (Å²) >= 11 is 0. The highest BCUT2D eigenvalue weighted by molar-refractivity contribution is 5.92. The molecule has 1 fully saturated rings. The predicted molar refractivity (Wildman–Crippen MR) is 95.1 cm³/mol. The second-order valence-corrected chi connectivity index (χ2v) is 6.51. The summed E-state index contributed by atoms with van der Waals surface area (Å²) in [6.07, 6.45) is 4.85. The van der Waals surface area contributed by atoms with Crippen molar-refractivity contribution in [3.63, 3.8) is 0 Å². The molecule has 0 saturated carbocycles. The standard InChI is InChI=1S/C19H24N2O3/c1-3-16-6-4-5-9-21(16)12-14-10-19(23)24-18-11-15(20-13(2)22)7-8-17(14)18/h7-8,10-11,16H,3-6,9,12H2,1-2H3,(H,20,22). The zero-order valence-electron chi connectivity index (χ0n) is 14.3. The van der Waals surface area contributed by atoms with E-state index in [4.69, 9.17) is 4.42 Å². The smallest absolute Gasteiger partial charge is 0.336 e. The number of hydrogen-bond donors (Lipinski definition) is 1. The van der Waals surface area contributed by atoms with Crippen molar-refractivity contribution < 1.29 is 9.21 Å². The molecule has 5 nitrogen and oxygen atoms in total. The van der Waals surface area contributed by atoms with Crippen molar-refractivity contribution in [3.05, 3.63) is 40.2 Å². The molecule has 3 rings (SSSR count). The molecule has 1 atom stereocenters. The largest absolute Gasteiger partial charge is 0.423 e. The summed E-state index contributed by atoms with van der Waals surface area (Å²) in [5, 5.41) is 3.66. The summed E-state index contributed by atoms with van der Waals surface area (Å²) in [4.78, 5) is 25.6. The molecule has 1 saturated heterocycles. The van der Waals surface area contributed by atoms with Gasteiger partial charge in [0, 0.05) is 42.7 Å². The Labute approximate surface area is 141 Å². The minimum Gasteiger partial charge on any atom is -0.423 e. The number of benzene rings is 1. The maximum Gasteiger partial charge on any atom is 0.336 e. The van der Waals surface area contributed by atoms with E-state index in [0.717, 1.165) is 30.5 Å². The lowest BCUT2D eigenvalue weighted by atomic mass is 9.98. The van der Waals surface area contributed by atoms with Crippen molar-refractivity contribution in [2.75, 3.05) is 11.9 Å². The third kappa shape index (κ3) is 3.67. The molecule has 1 aromatic carbocycles. The minimum absolute atomic E-state index is 0.146. The van der Waals surface area contributed by atoms with Crippen molar-refractivity contribution in [2.45, 2.75) is 52.1 Å². The molecule has 2 heterocycles. The second-order valence-electron chi connectivity index (χ2n) is 6.51. The molecule has 0 radical (unpaired) electrons. The third-order valence-electron chi connectivity index (χ3n) is 4.74. The van der Waals surface area contributed by atoms with Gasteiger partial charge in [0.1, 0.15) is 5.58 Å². The summed E-state index contributed by atoms with van der Waals surface area (Å²) in [5.41, 5.74) is 1.81. The molecule has 128 valence electrons. The van der Waals surface area contributed by atoms with Crippen LogP contribution in [0.3, 0.4) is 0 Å². The summed E-state index contributed by atoms with van der Waals surface area (Å²) in [6, 6.07) is 7.67. The minimum atomic E-state index is -0.345. The Morgan fingerprint density at radius 3 is 2.92 bits per heavy atom. The van der Waals surface area contributed by atoms with Gasteiger partial charge < -0.3 is 9.73 Å². The predicted octanol–water partition coefficient (Wildman–Crippen LogP) is 3.52. The van der Waals surface area contributed by atoms with Crippen LogP contribution in [0.15, 0.2) is 33.5 Å². The van der Waals surface area contributed by atoms with E-state index in [0.29, 0.717) is 17.3 Å². The summed E-state index contributed by atoms with van der Waals surface area (Å²) in [6.45, 7) is 5.52. The van der Waals surface area contributed by atoms with Crippen LogP contribution in [0.4, 0.5) is 5.69 Å². The lowest BCUT2D eigenvalue weighted by Crippen LogP contribution is -2.38. The number of carbonyl (C=O) groups is 1. The molecule has 1 unspecified atom stereocenters. The lowest BCUT2D eigenvalue weighted by Gasteiger charge is -2.35. The van der Waals surface area contributed by atoms with Crippen molar-refractivity contribution in [3.8, 4) is 0 Å². The molecular weight excluding hydrogens is 304 g/mol. The van der Waals surface area contributed by atoms with E-state index in [1.807, 2.05) is 12.1 Å². The van der Waals surface area contributed by atoms with Crippen molar-refractivity contribution in [2.24, 2.45) is 0 Å². The highest BCUT2D eigenvalue weighted by atomic mass is 16.4. The topological polar surface area (TPSA) is 62.6 Å². The number of carbonyl (C=O) groups excluding carboxylic acids is 1. The first-order valence-electron chi connectivity index (χ1n) is 8.65. The van der Waals surface area contributed by atoms with E-state index in [9.17, 15) is 9.59 Å². The first-order valence-corrected chi connectivity index (χ1v) is 8.65. The van der Waals surface area contributed by atoms with E-state index < -0.39 is 0 Å². The quantitative estimate of drug-likeness (QED) is 0.872. The maximum atomic E-state index is 12.0. The Balaban J connectivity index is 1.95. The van der Waals surface area contributed by atoms with Gasteiger partial charge in [-0.2, -0.15) is 0 Å². The summed E-state index contributed by atoms with van der Waals surface area (Å²) in [7, 11) is 0. The second kappa shape index (κ2) is 7.18. The molecule has 1 aliphatic heterocycles. The number of anilines is 1. The van der Waals surface area contributed by atoms with E-state index in [1.165, 1.54) is 26.2 Å². The monoisotopic (exact) mass is 328 g/mol. The Morgan fingerprint density at radius 2 is 2.17 bits per heavy atom. The van der Waals surface area contributed by atoms with Crippen LogP contribution >= 0.6 is 0 Å². The van der Waals surface area contributed by atoms with Gasteiger partial charge in [0.2, 0.25) is 5.91 Å². The molecule has 1 aromatic heterocycles. The molecule has 0 aliphatic carbocycles. The van der Waals surface area contributed by atoms with E-state index in [-0.39, 0.29) is 11.5 Å². The van der Waals surface area contributed by atoms with E-state index >= 15 is 0 Å². The van der Waals surface area contributed by atoms with Gasteiger partial charge in [-0.1, -0.05) is 13.3 Å². The van der Waals surface area contributed by atoms with Crippen LogP contribution < -0.4 is 10.9 Å². The summed E-state index contributed by atoms with van der Waals surface area (Å²) < 4.78 is 5.34. The van der Waals surface area contributed by atoms with Crippen molar-refractivity contribution in [1.82, 2.24) is 4.90 Å². The van der Waals surface area contributed by atoms with Crippen LogP contribution in [0.2, 0.25) is 0 Å². The number of rotatable bonds is 4. The van der Waals surface area contributed by atoms with Gasteiger partial charge in [0.15, 0.2) is 0 Å². The van der Waals surface area contributed by atoms with Crippen LogP contribution in [0, 0.1) is 0 Å². The Kier molecular flexibility index (Phi) is 5.00. The van der Waals surface area contributed by atoms with Gasteiger partial charge in [-0.15, -0.1) is 0 Å². The Bertz CT molecular complexity index is 797. The highest BCUT2D eigenvalue weighted by Gasteiger charge is 2.21. The third-order valence-corrected chi connectivity index (χ3v) is 4.74. The number of nitrogens with zero attached hydrogens (tertiary/aromatic N) is 1. The van der Waals surface area contributed by atoms with Gasteiger partial charge in [0.05, 0.1) is 0 Å². The fraction of sp³-hybridized carbons (Fsp3) is 0.474. The molecule has 1 N–H and O–H groups in total. The number of piperidine rings is 1. The maximum absolute atomic E-state index is 12.0. The molecule has 2 aromatic rings. The Morgan fingerprint density at radius 1 is 1.33 bits per heavy atom. The van der Waals surface area contributed by atoms with Crippen LogP contribution in [0.5, 0.6) is 0 Å². The van der Waals surface area contributed by atoms with Gasteiger partial charge in [-0.25, -0.2) is 4.79 Å². The Hall–Kier alpha value is -2.14. The first-order chi connectivity index (χ1) is 11.6. The van der Waals surface area contributed by atoms with E-state index in [2.05, 4.69) is 17.1 Å². The highest BCUT2D eigenvalue weighted by Crippen LogP contribution is 2.26. The van der Waals surface area contributed by atoms with Crippen molar-refractivity contribution in [1.29, 1.82) is 0 Å². The lowest BCUT2D eigenvalue weighted by molar-refractivity contribution is -0.114. The fourth-order valence-electron chi connectivity index (χ4n) is 3.59. The van der Waals surface area contributed by atoms with Crippen molar-refractivity contribution >= 4 is 22.6 Å². The average molecular weight is 328 g/mol. The molecule has 0 spiro atoms. The zero-order chi connectivity index (χ0) is 17.1. The normalized spacial score (nSPS) is 18.7. The summed E-state index contributed by atoms with van der Waals surface area (Å²) in [5.74, 6) is -0.146. The number of hydrogen-bond acceptors (Lipinski definition) is 4. The number of likely N-dealkylation sites (tertiary alicyclic amines) is 1. The van der Waals surface area contributed by atoms with Crippen LogP contribution in [0.25, 0.3) is 11.0 Å². The van der Waals surface area contributed by atoms with Gasteiger partial charge in [-0.3, -0.25) is 9.69 Å². The number of fused-ring (bicyclic) bond motifs is 1. The molecule has 5 heteroatoms. The van der Waals surface area contributed by atoms with Gasteiger partial charge in [0.25, 0.3) is 0 Å². The molecular formula is C19H24N2O3. The number of nitrogens with one attached hydrogen (secondary N) is 1. The SMILES string of the molecule is CCC1CCCCN1Cc1cc(=O)oc2cc(NC(C)=O)ccc12. The van der Waals surface area contributed by atoms with Crippen LogP contribution in [0.1, 0.15) is 45.1 Å². The molecule has 1 aliphatic rings.